The quantitative estimate of drug-likeness (QED) is 0.565. The number of pyridine rings is 1. The molecule has 0 spiro atoms. The van der Waals surface area contributed by atoms with Gasteiger partial charge in [-0.1, -0.05) is 17.7 Å². The van der Waals surface area contributed by atoms with Crippen molar-refractivity contribution in [3.63, 3.8) is 0 Å². The lowest BCUT2D eigenvalue weighted by molar-refractivity contribution is 0.429. The van der Waals surface area contributed by atoms with Gasteiger partial charge in [-0.3, -0.25) is 4.98 Å². The molecular weight excluding hydrogens is 361 g/mol. The molecule has 0 atom stereocenters. The molecule has 1 aliphatic rings. The monoisotopic (exact) mass is 383 g/mol. The number of hydrogen-bond acceptors (Lipinski definition) is 3. The van der Waals surface area contributed by atoms with E-state index in [1.807, 2.05) is 42.6 Å². The van der Waals surface area contributed by atoms with Crippen molar-refractivity contribution in [3.8, 4) is 0 Å². The first kappa shape index (κ1) is 18.1. The first-order valence-corrected chi connectivity index (χ1v) is 9.80. The molecule has 2 aromatic carbocycles. The highest BCUT2D eigenvalue weighted by Gasteiger charge is 2.21. The van der Waals surface area contributed by atoms with Gasteiger partial charge in [0.25, 0.3) is 0 Å². The first-order chi connectivity index (χ1) is 13.1. The van der Waals surface area contributed by atoms with Crippen LogP contribution in [0.2, 0.25) is 5.02 Å². The van der Waals surface area contributed by atoms with Crippen LogP contribution in [-0.2, 0) is 0 Å². The van der Waals surface area contributed by atoms with Crippen molar-refractivity contribution in [3.05, 3.63) is 65.1 Å². The van der Waals surface area contributed by atoms with Gasteiger partial charge < -0.3 is 10.6 Å². The van der Waals surface area contributed by atoms with Crippen molar-refractivity contribution < 1.29 is 4.39 Å². The van der Waals surface area contributed by atoms with E-state index < -0.39 is 0 Å². The van der Waals surface area contributed by atoms with Crippen LogP contribution in [-0.4, -0.2) is 17.1 Å². The van der Waals surface area contributed by atoms with E-state index in [1.165, 1.54) is 0 Å². The minimum Gasteiger partial charge on any atom is -0.382 e. The maximum absolute atomic E-state index is 13.7. The Morgan fingerprint density at radius 2 is 1.70 bits per heavy atom. The highest BCUT2D eigenvalue weighted by molar-refractivity contribution is 6.31. The van der Waals surface area contributed by atoms with Gasteiger partial charge >= 0.3 is 0 Å². The highest BCUT2D eigenvalue weighted by atomic mass is 35.5. The van der Waals surface area contributed by atoms with Crippen molar-refractivity contribution in [2.75, 3.05) is 10.6 Å². The molecule has 2 N–H and O–H groups in total. The lowest BCUT2D eigenvalue weighted by atomic mass is 9.90. The van der Waals surface area contributed by atoms with Crippen LogP contribution in [0.5, 0.6) is 0 Å². The standard InChI is InChI=1S/C22H23ClFN3/c1-14-2-4-18(13-20(14)24)26-16-5-7-17(8-6-16)27-21-10-11-25-22-12-15(23)3-9-19(21)22/h2-4,9-13,16-17,26H,5-8H2,1H3,(H,25,27)/t16-,17+. The van der Waals surface area contributed by atoms with Crippen LogP contribution in [0.15, 0.2) is 48.7 Å². The third-order valence-corrected chi connectivity index (χ3v) is 5.57. The normalized spacial score (nSPS) is 19.8. The zero-order valence-corrected chi connectivity index (χ0v) is 16.1. The van der Waals surface area contributed by atoms with Crippen molar-refractivity contribution in [1.29, 1.82) is 0 Å². The SMILES string of the molecule is Cc1ccc(N[C@H]2CC[C@@H](Nc3ccnc4cc(Cl)ccc34)CC2)cc1F. The number of hydrogen-bond donors (Lipinski definition) is 2. The molecule has 140 valence electrons. The Bertz CT molecular complexity index is 951. The molecule has 3 aromatic rings. The Balaban J connectivity index is 1.38. The van der Waals surface area contributed by atoms with E-state index in [0.717, 1.165) is 48.0 Å². The second-order valence-electron chi connectivity index (χ2n) is 7.32. The van der Waals surface area contributed by atoms with Crippen LogP contribution in [0.25, 0.3) is 10.9 Å². The Morgan fingerprint density at radius 3 is 2.44 bits per heavy atom. The number of rotatable bonds is 4. The molecule has 0 aliphatic heterocycles. The Hall–Kier alpha value is -2.33. The van der Waals surface area contributed by atoms with E-state index in [2.05, 4.69) is 15.6 Å². The van der Waals surface area contributed by atoms with Crippen molar-refractivity contribution >= 4 is 33.9 Å². The molecule has 0 amide bonds. The maximum Gasteiger partial charge on any atom is 0.128 e. The second kappa shape index (κ2) is 7.73. The molecule has 0 unspecified atom stereocenters. The molecule has 3 nitrogen and oxygen atoms in total. The zero-order chi connectivity index (χ0) is 18.8. The van der Waals surface area contributed by atoms with Crippen LogP contribution in [0.4, 0.5) is 15.8 Å². The molecule has 1 fully saturated rings. The summed E-state index contributed by atoms with van der Waals surface area (Å²) in [5, 5.41) is 8.95. The molecule has 0 bridgehead atoms. The highest BCUT2D eigenvalue weighted by Crippen LogP contribution is 2.29. The predicted octanol–water partition coefficient (Wildman–Crippen LogP) is 6.17. The van der Waals surface area contributed by atoms with Crippen LogP contribution >= 0.6 is 11.6 Å². The van der Waals surface area contributed by atoms with Gasteiger partial charge in [-0.2, -0.15) is 0 Å². The molecular formula is C22H23ClFN3. The van der Waals surface area contributed by atoms with Gasteiger partial charge in [0.15, 0.2) is 0 Å². The topological polar surface area (TPSA) is 37.0 Å². The summed E-state index contributed by atoms with van der Waals surface area (Å²) in [6.07, 6.45) is 6.08. The van der Waals surface area contributed by atoms with E-state index in [-0.39, 0.29) is 5.82 Å². The fraction of sp³-hybridized carbons (Fsp3) is 0.318. The van der Waals surface area contributed by atoms with Gasteiger partial charge in [0.05, 0.1) is 5.52 Å². The molecule has 0 saturated heterocycles. The van der Waals surface area contributed by atoms with Gasteiger partial charge in [0.1, 0.15) is 5.82 Å². The van der Waals surface area contributed by atoms with Gasteiger partial charge in [-0.05, 0) is 74.6 Å². The predicted molar refractivity (Wildman–Crippen MR) is 111 cm³/mol. The van der Waals surface area contributed by atoms with Crippen LogP contribution in [0.1, 0.15) is 31.2 Å². The summed E-state index contributed by atoms with van der Waals surface area (Å²) >= 11 is 6.07. The fourth-order valence-corrected chi connectivity index (χ4v) is 3.93. The Labute approximate surface area is 164 Å². The average molecular weight is 384 g/mol. The second-order valence-corrected chi connectivity index (χ2v) is 7.76. The number of fused-ring (bicyclic) bond motifs is 1. The van der Waals surface area contributed by atoms with Gasteiger partial charge in [0.2, 0.25) is 0 Å². The number of aromatic nitrogens is 1. The molecule has 1 aromatic heterocycles. The van der Waals surface area contributed by atoms with Crippen molar-refractivity contribution in [2.45, 2.75) is 44.7 Å². The summed E-state index contributed by atoms with van der Waals surface area (Å²) in [6, 6.07) is 14.0. The number of nitrogens with one attached hydrogen (secondary N) is 2. The van der Waals surface area contributed by atoms with Crippen LogP contribution < -0.4 is 10.6 Å². The van der Waals surface area contributed by atoms with Crippen LogP contribution in [0.3, 0.4) is 0 Å². The molecule has 1 heterocycles. The maximum atomic E-state index is 13.7. The third kappa shape index (κ3) is 4.16. The summed E-state index contributed by atoms with van der Waals surface area (Å²) < 4.78 is 13.7. The van der Waals surface area contributed by atoms with E-state index in [1.54, 1.807) is 13.0 Å². The number of benzene rings is 2. The minimum atomic E-state index is -0.153. The molecule has 0 radical (unpaired) electrons. The summed E-state index contributed by atoms with van der Waals surface area (Å²) in [4.78, 5) is 4.40. The summed E-state index contributed by atoms with van der Waals surface area (Å²) in [5.41, 5.74) is 3.56. The summed E-state index contributed by atoms with van der Waals surface area (Å²) in [6.45, 7) is 1.78. The third-order valence-electron chi connectivity index (χ3n) is 5.33. The number of nitrogens with zero attached hydrogens (tertiary/aromatic N) is 1. The van der Waals surface area contributed by atoms with E-state index in [9.17, 15) is 4.39 Å². The van der Waals surface area contributed by atoms with Crippen molar-refractivity contribution in [2.24, 2.45) is 0 Å². The molecule has 1 aliphatic carbocycles. The summed E-state index contributed by atoms with van der Waals surface area (Å²) in [7, 11) is 0. The summed E-state index contributed by atoms with van der Waals surface area (Å²) in [5.74, 6) is -0.153. The molecule has 4 rings (SSSR count). The van der Waals surface area contributed by atoms with Gasteiger partial charge in [-0.25, -0.2) is 4.39 Å². The first-order valence-electron chi connectivity index (χ1n) is 9.42. The molecule has 27 heavy (non-hydrogen) atoms. The van der Waals surface area contributed by atoms with E-state index in [4.69, 9.17) is 11.6 Å². The fourth-order valence-electron chi connectivity index (χ4n) is 3.77. The van der Waals surface area contributed by atoms with Gasteiger partial charge in [-0.15, -0.1) is 0 Å². The largest absolute Gasteiger partial charge is 0.382 e. The lowest BCUT2D eigenvalue weighted by Crippen LogP contribution is -2.32. The van der Waals surface area contributed by atoms with Crippen molar-refractivity contribution in [1.82, 2.24) is 4.98 Å². The lowest BCUT2D eigenvalue weighted by Gasteiger charge is -2.31. The van der Waals surface area contributed by atoms with Gasteiger partial charge in [0, 0.05) is 40.1 Å². The molecule has 1 saturated carbocycles. The Morgan fingerprint density at radius 1 is 0.963 bits per heavy atom. The minimum absolute atomic E-state index is 0.153. The van der Waals surface area contributed by atoms with E-state index >= 15 is 0 Å². The number of aryl methyl sites for hydroxylation is 1. The number of anilines is 2. The van der Waals surface area contributed by atoms with E-state index in [0.29, 0.717) is 22.7 Å². The van der Waals surface area contributed by atoms with Crippen LogP contribution in [0, 0.1) is 12.7 Å². The number of halogens is 2. The Kier molecular flexibility index (Phi) is 5.17. The zero-order valence-electron chi connectivity index (χ0n) is 15.3. The average Bonchev–Trinajstić information content (AvgIpc) is 2.66. The molecule has 5 heteroatoms. The smallest absolute Gasteiger partial charge is 0.128 e.